The molecule has 0 atom stereocenters. The zero-order chi connectivity index (χ0) is 10.6. The van der Waals surface area contributed by atoms with Crippen molar-refractivity contribution in [2.24, 2.45) is 0 Å². The predicted molar refractivity (Wildman–Crippen MR) is 38.0 cm³/mol. The topological polar surface area (TPSA) is 109 Å². The van der Waals surface area contributed by atoms with E-state index in [1.54, 1.807) is 11.8 Å². The molecule has 0 aromatic carbocycles. The summed E-state index contributed by atoms with van der Waals surface area (Å²) in [6.07, 6.45) is 0.389. The minimum Gasteiger partial charge on any atom is -0.295 e. The van der Waals surface area contributed by atoms with E-state index in [-0.39, 0.29) is 12.6 Å². The van der Waals surface area contributed by atoms with Gasteiger partial charge in [-0.1, -0.05) is 0 Å². The fraction of sp³-hybridized carbons (Fsp3) is 0.250. The first-order chi connectivity index (χ1) is 5.33. The van der Waals surface area contributed by atoms with Crippen molar-refractivity contribution in [2.75, 3.05) is 0 Å². The van der Waals surface area contributed by atoms with Crippen molar-refractivity contribution in [1.82, 2.24) is 0 Å². The van der Waals surface area contributed by atoms with E-state index in [0.29, 0.717) is 0 Å². The van der Waals surface area contributed by atoms with E-state index in [4.69, 9.17) is 27.1 Å². The molecule has 0 amide bonds. The van der Waals surface area contributed by atoms with Crippen molar-refractivity contribution < 1.29 is 42.7 Å². The Balaban J connectivity index is -0.000000105. The van der Waals surface area contributed by atoms with Crippen LogP contribution in [0.5, 0.6) is 0 Å². The van der Waals surface area contributed by atoms with Gasteiger partial charge in [0.15, 0.2) is 12.6 Å². The van der Waals surface area contributed by atoms with Gasteiger partial charge >= 0.3 is 37.8 Å². The van der Waals surface area contributed by atoms with Gasteiger partial charge in [0.2, 0.25) is 0 Å². The summed E-state index contributed by atoms with van der Waals surface area (Å²) in [6, 6.07) is 0. The molecule has 0 spiro atoms. The molecule has 0 aromatic rings. The number of rotatable bonds is 1. The molecule has 0 saturated carbocycles. The molecule has 0 aromatic heterocycles. The largest absolute Gasteiger partial charge is 0.394 e. The third-order valence-corrected chi connectivity index (χ3v) is 0.0556. The van der Waals surface area contributed by atoms with Crippen molar-refractivity contribution in [2.45, 2.75) is 6.92 Å². The van der Waals surface area contributed by atoms with Gasteiger partial charge in [0.25, 0.3) is 0 Å². The first-order valence-corrected chi connectivity index (χ1v) is 4.20. The van der Waals surface area contributed by atoms with Gasteiger partial charge < -0.3 is 0 Å². The third kappa shape index (κ3) is 1980. The van der Waals surface area contributed by atoms with Crippen molar-refractivity contribution in [3.63, 3.8) is 0 Å². The van der Waals surface area contributed by atoms with Crippen LogP contribution in [0.1, 0.15) is 6.92 Å². The number of carbonyl (C=O) groups is 2. The molecule has 0 saturated heterocycles. The van der Waals surface area contributed by atoms with Crippen LogP contribution < -0.4 is 0 Å². The summed E-state index contributed by atoms with van der Waals surface area (Å²) in [5.41, 5.74) is 0. The Kier molecular flexibility index (Phi) is 19.4. The second-order valence-corrected chi connectivity index (χ2v) is 2.33. The molecular weight excluding hydrogens is 240 g/mol. The van der Waals surface area contributed by atoms with E-state index in [1.165, 1.54) is 0 Å². The normalized spacial score (nSPS) is 7.75. The SMILES string of the molecule is C[CH]=[Cu].O=CC=O.O=S(=O)(O)O. The molecule has 0 bridgehead atoms. The quantitative estimate of drug-likeness (QED) is 0.269. The van der Waals surface area contributed by atoms with Gasteiger partial charge in [0.1, 0.15) is 0 Å². The zero-order valence-electron chi connectivity index (χ0n) is 5.97. The molecule has 0 fully saturated rings. The Morgan fingerprint density at radius 2 is 1.25 bits per heavy atom. The summed E-state index contributed by atoms with van der Waals surface area (Å²) >= 11 is 4.38. The Morgan fingerprint density at radius 1 is 1.17 bits per heavy atom. The summed E-state index contributed by atoms with van der Waals surface area (Å²) < 4.78 is 31.6. The molecule has 0 radical (unpaired) electrons. The third-order valence-electron chi connectivity index (χ3n) is 0.0556. The predicted octanol–water partition coefficient (Wildman–Crippen LogP) is -0.913. The summed E-state index contributed by atoms with van der Waals surface area (Å²) in [7, 11) is -4.67. The maximum atomic E-state index is 8.81. The molecule has 0 heterocycles. The van der Waals surface area contributed by atoms with Gasteiger partial charge in [-0.15, -0.1) is 0 Å². The smallest absolute Gasteiger partial charge is 0.295 e. The number of hydrogen-bond acceptors (Lipinski definition) is 4. The van der Waals surface area contributed by atoms with Gasteiger partial charge in [-0.05, 0) is 0 Å². The molecule has 6 nitrogen and oxygen atoms in total. The Bertz CT molecular complexity index is 194. The molecule has 77 valence electrons. The average molecular weight is 248 g/mol. The molecule has 2 N–H and O–H groups in total. The fourth-order valence-electron chi connectivity index (χ4n) is 0. The van der Waals surface area contributed by atoms with Crippen LogP contribution in [0, 0.1) is 0 Å². The minimum absolute atomic E-state index is 0.194. The maximum absolute atomic E-state index is 8.81. The second kappa shape index (κ2) is 13.2. The Labute approximate surface area is 77.9 Å². The summed E-state index contributed by atoms with van der Waals surface area (Å²) in [5.74, 6) is 0. The first kappa shape index (κ1) is 17.6. The average Bonchev–Trinajstić information content (AvgIpc) is 1.85. The maximum Gasteiger partial charge on any atom is 0.394 e. The summed E-state index contributed by atoms with van der Waals surface area (Å²) in [6.45, 7) is 1.81. The van der Waals surface area contributed by atoms with Crippen molar-refractivity contribution in [3.8, 4) is 0 Å². The molecule has 12 heavy (non-hydrogen) atoms. The zero-order valence-corrected chi connectivity index (χ0v) is 7.73. The van der Waals surface area contributed by atoms with Gasteiger partial charge in [0.05, 0.1) is 0 Å². The van der Waals surface area contributed by atoms with Crippen molar-refractivity contribution >= 4 is 27.9 Å². The molecule has 8 heteroatoms. The van der Waals surface area contributed by atoms with Crippen LogP contribution in [0.3, 0.4) is 0 Å². The van der Waals surface area contributed by atoms with E-state index < -0.39 is 10.4 Å². The number of hydrogen-bond donors (Lipinski definition) is 2. The van der Waals surface area contributed by atoms with Crippen LogP contribution in [-0.4, -0.2) is 35.0 Å². The Hall–Kier alpha value is -0.401. The second-order valence-electron chi connectivity index (χ2n) is 0.894. The molecule has 0 aliphatic rings. The molecule has 0 aliphatic carbocycles. The standard InChI is InChI=1S/C2H2O2.C2H4.Cu.H2O4S/c3-1-2-4;1-2;;1-5(2,3)4/h1-2H;1H,2H3;;(H2,1,2,3,4). The van der Waals surface area contributed by atoms with E-state index in [2.05, 4.69) is 15.6 Å². The van der Waals surface area contributed by atoms with Gasteiger partial charge in [-0.3, -0.25) is 18.7 Å². The van der Waals surface area contributed by atoms with Crippen LogP contribution in [0.4, 0.5) is 0 Å². The van der Waals surface area contributed by atoms with Crippen molar-refractivity contribution in [1.29, 1.82) is 0 Å². The molecule has 0 aliphatic heterocycles. The van der Waals surface area contributed by atoms with Crippen molar-refractivity contribution in [3.05, 3.63) is 0 Å². The van der Waals surface area contributed by atoms with Gasteiger partial charge in [-0.25, -0.2) is 0 Å². The van der Waals surface area contributed by atoms with E-state index in [9.17, 15) is 0 Å². The molecule has 0 rings (SSSR count). The minimum atomic E-state index is -4.67. The molecular formula is C4H8CuO6S. The van der Waals surface area contributed by atoms with E-state index >= 15 is 0 Å². The monoisotopic (exact) mass is 247 g/mol. The van der Waals surface area contributed by atoms with Gasteiger partial charge in [0, 0.05) is 0 Å². The molecule has 0 unspecified atom stereocenters. The summed E-state index contributed by atoms with van der Waals surface area (Å²) in [4.78, 5) is 19.2. The van der Waals surface area contributed by atoms with Crippen LogP contribution in [0.15, 0.2) is 0 Å². The van der Waals surface area contributed by atoms with Gasteiger partial charge in [-0.2, -0.15) is 8.42 Å². The number of carbonyl (C=O) groups excluding carboxylic acids is 2. The first-order valence-electron chi connectivity index (χ1n) is 2.25. The van der Waals surface area contributed by atoms with Crippen LogP contribution >= 0.6 is 0 Å². The van der Waals surface area contributed by atoms with Crippen LogP contribution in [0.2, 0.25) is 0 Å². The Morgan fingerprint density at radius 3 is 1.25 bits per heavy atom. The number of aldehydes is 2. The summed E-state index contributed by atoms with van der Waals surface area (Å²) in [5, 5.41) is 0. The van der Waals surface area contributed by atoms with E-state index in [0.717, 1.165) is 0 Å². The van der Waals surface area contributed by atoms with Crippen LogP contribution in [0.25, 0.3) is 0 Å². The van der Waals surface area contributed by atoms with E-state index in [1.807, 2.05) is 0 Å². The van der Waals surface area contributed by atoms with Crippen LogP contribution in [-0.2, 0) is 35.6 Å². The fourth-order valence-corrected chi connectivity index (χ4v) is 0.